The summed E-state index contributed by atoms with van der Waals surface area (Å²) in [5, 5.41) is 25.1. The molecule has 2 aromatic carbocycles. The number of aromatic nitrogens is 1. The van der Waals surface area contributed by atoms with Gasteiger partial charge in [0, 0.05) is 16.1 Å². The van der Waals surface area contributed by atoms with Crippen molar-refractivity contribution >= 4 is 39.2 Å². The van der Waals surface area contributed by atoms with Gasteiger partial charge in [0.2, 0.25) is 0 Å². The summed E-state index contributed by atoms with van der Waals surface area (Å²) in [5.41, 5.74) is 0.715. The van der Waals surface area contributed by atoms with E-state index in [1.807, 2.05) is 0 Å². The zero-order valence-electron chi connectivity index (χ0n) is 17.2. The Morgan fingerprint density at radius 2 is 1.91 bits per heavy atom. The topological polar surface area (TPSA) is 113 Å². The summed E-state index contributed by atoms with van der Waals surface area (Å²) < 4.78 is 11.4. The Hall–Kier alpha value is -3.59. The van der Waals surface area contributed by atoms with E-state index in [1.54, 1.807) is 44.2 Å². The second kappa shape index (κ2) is 8.51. The van der Waals surface area contributed by atoms with Crippen molar-refractivity contribution in [1.29, 1.82) is 0 Å². The number of halogens is 1. The first kappa shape index (κ1) is 21.6. The second-order valence-electron chi connectivity index (χ2n) is 7.13. The van der Waals surface area contributed by atoms with Gasteiger partial charge in [0.1, 0.15) is 11.5 Å². The molecule has 8 nitrogen and oxygen atoms in total. The molecule has 4 rings (SSSR count). The van der Waals surface area contributed by atoms with Crippen LogP contribution in [0.25, 0.3) is 5.76 Å². The molecule has 2 heterocycles. The van der Waals surface area contributed by atoms with Crippen LogP contribution in [0.4, 0.5) is 5.82 Å². The Bertz CT molecular complexity index is 1230. The van der Waals surface area contributed by atoms with E-state index in [0.29, 0.717) is 23.5 Å². The Labute approximate surface area is 191 Å². The van der Waals surface area contributed by atoms with Crippen LogP contribution in [-0.4, -0.2) is 33.7 Å². The van der Waals surface area contributed by atoms with Gasteiger partial charge in [0.15, 0.2) is 17.3 Å². The van der Waals surface area contributed by atoms with E-state index >= 15 is 0 Å². The molecule has 1 aliphatic rings. The number of aryl methyl sites for hydroxylation is 1. The number of anilines is 1. The SMILES string of the molecule is CCOc1cc(C2/C(=C(\O)c3ccc(Br)cc3)C(=O)C(=O)N2c2cc(C)on2)ccc1O. The summed E-state index contributed by atoms with van der Waals surface area (Å²) >= 11 is 3.34. The predicted molar refractivity (Wildman–Crippen MR) is 119 cm³/mol. The van der Waals surface area contributed by atoms with Gasteiger partial charge in [-0.3, -0.25) is 14.5 Å². The van der Waals surface area contributed by atoms with Crippen LogP contribution in [0.15, 0.2) is 63.1 Å². The molecule has 3 aromatic rings. The molecule has 0 saturated carbocycles. The number of rotatable bonds is 5. The third-order valence-electron chi connectivity index (χ3n) is 5.02. The van der Waals surface area contributed by atoms with Crippen molar-refractivity contribution in [3.05, 3.63) is 75.5 Å². The highest BCUT2D eigenvalue weighted by Crippen LogP contribution is 2.43. The van der Waals surface area contributed by atoms with Crippen molar-refractivity contribution in [2.45, 2.75) is 19.9 Å². The predicted octanol–water partition coefficient (Wildman–Crippen LogP) is 4.48. The second-order valence-corrected chi connectivity index (χ2v) is 8.05. The molecule has 9 heteroatoms. The van der Waals surface area contributed by atoms with Crippen LogP contribution >= 0.6 is 15.9 Å². The first-order valence-corrected chi connectivity index (χ1v) is 10.6. The largest absolute Gasteiger partial charge is 0.507 e. The van der Waals surface area contributed by atoms with Crippen LogP contribution in [0, 0.1) is 6.92 Å². The number of aromatic hydroxyl groups is 1. The molecule has 0 bridgehead atoms. The van der Waals surface area contributed by atoms with E-state index < -0.39 is 17.7 Å². The average Bonchev–Trinajstić information content (AvgIpc) is 3.31. The number of Topliss-reactive ketones (excluding diaryl/α,β-unsaturated/α-hetero) is 1. The summed E-state index contributed by atoms with van der Waals surface area (Å²) in [6.45, 7) is 3.74. The summed E-state index contributed by atoms with van der Waals surface area (Å²) in [5.74, 6) is -1.34. The fraction of sp³-hybridized carbons (Fsp3) is 0.174. The molecule has 1 fully saturated rings. The molecule has 1 amide bonds. The smallest absolute Gasteiger partial charge is 0.301 e. The zero-order chi connectivity index (χ0) is 23.0. The van der Waals surface area contributed by atoms with Gasteiger partial charge in [-0.2, -0.15) is 0 Å². The molecule has 2 N–H and O–H groups in total. The van der Waals surface area contributed by atoms with E-state index in [0.717, 1.165) is 4.47 Å². The molecule has 0 aliphatic carbocycles. The number of phenolic OH excluding ortho intramolecular Hbond substituents is 1. The van der Waals surface area contributed by atoms with Gasteiger partial charge in [0.25, 0.3) is 5.78 Å². The lowest BCUT2D eigenvalue weighted by Crippen LogP contribution is -2.29. The van der Waals surface area contributed by atoms with Gasteiger partial charge in [-0.05, 0) is 43.7 Å². The van der Waals surface area contributed by atoms with Crippen molar-refractivity contribution in [1.82, 2.24) is 5.16 Å². The first-order valence-electron chi connectivity index (χ1n) is 9.77. The lowest BCUT2D eigenvalue weighted by atomic mass is 9.95. The molecular weight excluding hydrogens is 480 g/mol. The Kier molecular flexibility index (Phi) is 5.75. The van der Waals surface area contributed by atoms with E-state index in [2.05, 4.69) is 21.1 Å². The molecule has 1 aromatic heterocycles. The average molecular weight is 499 g/mol. The highest BCUT2D eigenvalue weighted by molar-refractivity contribution is 9.10. The van der Waals surface area contributed by atoms with Crippen LogP contribution in [0.2, 0.25) is 0 Å². The fourth-order valence-corrected chi connectivity index (χ4v) is 3.85. The van der Waals surface area contributed by atoms with E-state index in [1.165, 1.54) is 23.1 Å². The highest BCUT2D eigenvalue weighted by atomic mass is 79.9. The molecule has 0 radical (unpaired) electrons. The molecule has 32 heavy (non-hydrogen) atoms. The number of ether oxygens (including phenoxy) is 1. The molecule has 1 aliphatic heterocycles. The number of hydrogen-bond acceptors (Lipinski definition) is 7. The van der Waals surface area contributed by atoms with Gasteiger partial charge < -0.3 is 19.5 Å². The van der Waals surface area contributed by atoms with Crippen LogP contribution in [0.3, 0.4) is 0 Å². The number of aliphatic hydroxyl groups excluding tert-OH is 1. The number of hydrogen-bond donors (Lipinski definition) is 2. The molecule has 1 unspecified atom stereocenters. The van der Waals surface area contributed by atoms with Gasteiger partial charge in [-0.25, -0.2) is 0 Å². The number of carbonyl (C=O) groups is 2. The fourth-order valence-electron chi connectivity index (χ4n) is 3.59. The molecule has 1 saturated heterocycles. The third kappa shape index (κ3) is 3.75. The maximum absolute atomic E-state index is 13.1. The Balaban J connectivity index is 1.94. The van der Waals surface area contributed by atoms with E-state index in [9.17, 15) is 19.8 Å². The van der Waals surface area contributed by atoms with Crippen molar-refractivity contribution in [3.8, 4) is 11.5 Å². The lowest BCUT2D eigenvalue weighted by molar-refractivity contribution is -0.132. The lowest BCUT2D eigenvalue weighted by Gasteiger charge is -2.23. The molecular formula is C23H19BrN2O6. The molecule has 164 valence electrons. The number of aliphatic hydroxyl groups is 1. The molecule has 1 atom stereocenters. The van der Waals surface area contributed by atoms with Crippen molar-refractivity contribution in [3.63, 3.8) is 0 Å². The number of nitrogens with zero attached hydrogens (tertiary/aromatic N) is 2. The first-order chi connectivity index (χ1) is 15.3. The van der Waals surface area contributed by atoms with Crippen molar-refractivity contribution in [2.24, 2.45) is 0 Å². The minimum atomic E-state index is -1.01. The maximum Gasteiger partial charge on any atom is 0.301 e. The summed E-state index contributed by atoms with van der Waals surface area (Å²) in [6.07, 6.45) is 0. The quantitative estimate of drug-likeness (QED) is 0.303. The van der Waals surface area contributed by atoms with Gasteiger partial charge in [-0.15, -0.1) is 0 Å². The molecule has 0 spiro atoms. The number of benzene rings is 2. The third-order valence-corrected chi connectivity index (χ3v) is 5.55. The Morgan fingerprint density at radius 1 is 1.19 bits per heavy atom. The minimum absolute atomic E-state index is 0.0854. The zero-order valence-corrected chi connectivity index (χ0v) is 18.8. The van der Waals surface area contributed by atoms with Gasteiger partial charge >= 0.3 is 5.91 Å². The summed E-state index contributed by atoms with van der Waals surface area (Å²) in [7, 11) is 0. The Morgan fingerprint density at radius 3 is 2.53 bits per heavy atom. The van der Waals surface area contributed by atoms with Gasteiger partial charge in [-0.1, -0.05) is 39.3 Å². The van der Waals surface area contributed by atoms with E-state index in [-0.39, 0.29) is 28.6 Å². The summed E-state index contributed by atoms with van der Waals surface area (Å²) in [6, 6.07) is 11.7. The standard InChI is InChI=1S/C23H19BrN2O6/c1-3-31-17-11-14(6-9-16(17)27)20-19(21(28)13-4-7-15(24)8-5-13)22(29)23(30)26(20)18-10-12(2)32-25-18/h4-11,20,27-28H,3H2,1-2H3/b21-19+. The van der Waals surface area contributed by atoms with Crippen molar-refractivity contribution < 1.29 is 29.1 Å². The normalized spacial score (nSPS) is 17.7. The van der Waals surface area contributed by atoms with Crippen LogP contribution in [0.5, 0.6) is 11.5 Å². The summed E-state index contributed by atoms with van der Waals surface area (Å²) in [4.78, 5) is 27.3. The minimum Gasteiger partial charge on any atom is -0.507 e. The monoisotopic (exact) mass is 498 g/mol. The number of ketones is 1. The number of amides is 1. The maximum atomic E-state index is 13.1. The highest BCUT2D eigenvalue weighted by Gasteiger charge is 2.48. The van der Waals surface area contributed by atoms with Crippen LogP contribution in [-0.2, 0) is 9.59 Å². The van der Waals surface area contributed by atoms with Crippen LogP contribution < -0.4 is 9.64 Å². The van der Waals surface area contributed by atoms with Gasteiger partial charge in [0.05, 0.1) is 18.2 Å². The van der Waals surface area contributed by atoms with E-state index in [4.69, 9.17) is 9.26 Å². The number of phenols is 1. The van der Waals surface area contributed by atoms with Crippen molar-refractivity contribution in [2.75, 3.05) is 11.5 Å². The number of carbonyl (C=O) groups excluding carboxylic acids is 2. The van der Waals surface area contributed by atoms with Crippen LogP contribution in [0.1, 0.15) is 29.9 Å².